The molecule has 0 radical (unpaired) electrons. The van der Waals surface area contributed by atoms with E-state index in [1.54, 1.807) is 30.5 Å². The van der Waals surface area contributed by atoms with Crippen LogP contribution in [0.2, 0.25) is 0 Å². The van der Waals surface area contributed by atoms with Gasteiger partial charge in [-0.25, -0.2) is 4.79 Å². The number of para-hydroxylation sites is 1. The van der Waals surface area contributed by atoms with E-state index in [2.05, 4.69) is 20.9 Å². The van der Waals surface area contributed by atoms with Gasteiger partial charge >= 0.3 is 17.9 Å². The fourth-order valence-corrected chi connectivity index (χ4v) is 3.76. The number of amides is 4. The zero-order valence-corrected chi connectivity index (χ0v) is 21.1. The molecule has 4 atom stereocenters. The number of H-pyrrole nitrogens is 1. The molecule has 0 saturated heterocycles. The number of aliphatic carboxylic acids is 3. The van der Waals surface area contributed by atoms with Gasteiger partial charge in [-0.1, -0.05) is 18.2 Å². The first-order chi connectivity index (χ1) is 18.8. The minimum absolute atomic E-state index is 0.169. The van der Waals surface area contributed by atoms with Gasteiger partial charge < -0.3 is 47.7 Å². The van der Waals surface area contributed by atoms with Crippen LogP contribution < -0.4 is 27.4 Å². The molecule has 16 nitrogen and oxygen atoms in total. The van der Waals surface area contributed by atoms with Gasteiger partial charge in [0.1, 0.15) is 18.1 Å². The minimum atomic E-state index is -1.78. The Morgan fingerprint density at radius 1 is 0.800 bits per heavy atom. The standard InChI is InChI=1S/C24H30N6O10/c25-13(8-19(32)33)21(36)28-15(5-6-18(26)31)22(37)29-16(9-20(34)35)23(38)30-17(24(39)40)7-11-10-27-14-4-2-1-3-12(11)14/h1-4,10,13,15-17,27H,5-9,25H2,(H2,26,31)(H,28,36)(H,29,37)(H,30,38)(H,32,33)(H,34,35)(H,39,40). The third kappa shape index (κ3) is 9.39. The molecule has 1 aromatic carbocycles. The van der Waals surface area contributed by atoms with Gasteiger partial charge in [0.2, 0.25) is 23.6 Å². The molecule has 1 aromatic heterocycles. The zero-order chi connectivity index (χ0) is 30.0. The summed E-state index contributed by atoms with van der Waals surface area (Å²) in [5.74, 6) is -8.46. The first-order valence-electron chi connectivity index (χ1n) is 11.9. The van der Waals surface area contributed by atoms with Gasteiger partial charge in [0, 0.05) is 29.9 Å². The summed E-state index contributed by atoms with van der Waals surface area (Å²) in [5.41, 5.74) is 11.9. The van der Waals surface area contributed by atoms with E-state index in [9.17, 15) is 43.8 Å². The Hall–Kier alpha value is -4.99. The van der Waals surface area contributed by atoms with Gasteiger partial charge in [-0.15, -0.1) is 0 Å². The van der Waals surface area contributed by atoms with Crippen LogP contribution in [0.3, 0.4) is 0 Å². The van der Waals surface area contributed by atoms with Crippen molar-refractivity contribution in [2.75, 3.05) is 0 Å². The molecule has 1 heterocycles. The lowest BCUT2D eigenvalue weighted by molar-refractivity contribution is -0.143. The Bertz CT molecular complexity index is 1290. The number of aromatic nitrogens is 1. The molecule has 0 spiro atoms. The van der Waals surface area contributed by atoms with Crippen LogP contribution in [-0.2, 0) is 40.0 Å². The summed E-state index contributed by atoms with van der Waals surface area (Å²) < 4.78 is 0. The number of carbonyl (C=O) groups is 7. The molecule has 216 valence electrons. The van der Waals surface area contributed by atoms with E-state index in [4.69, 9.17) is 16.6 Å². The molecule has 11 N–H and O–H groups in total. The van der Waals surface area contributed by atoms with E-state index in [1.165, 1.54) is 0 Å². The number of hydrogen-bond donors (Lipinski definition) is 9. The van der Waals surface area contributed by atoms with E-state index in [0.717, 1.165) is 5.52 Å². The summed E-state index contributed by atoms with van der Waals surface area (Å²) in [7, 11) is 0. The van der Waals surface area contributed by atoms with Crippen molar-refractivity contribution < 1.29 is 48.9 Å². The molecule has 4 unspecified atom stereocenters. The monoisotopic (exact) mass is 562 g/mol. The molecule has 2 aromatic rings. The van der Waals surface area contributed by atoms with Crippen LogP contribution >= 0.6 is 0 Å². The third-order valence-electron chi connectivity index (χ3n) is 5.77. The summed E-state index contributed by atoms with van der Waals surface area (Å²) in [5, 5.41) is 35.0. The second kappa shape index (κ2) is 14.2. The van der Waals surface area contributed by atoms with Crippen molar-refractivity contribution in [1.82, 2.24) is 20.9 Å². The second-order valence-electron chi connectivity index (χ2n) is 8.89. The minimum Gasteiger partial charge on any atom is -0.481 e. The highest BCUT2D eigenvalue weighted by atomic mass is 16.4. The van der Waals surface area contributed by atoms with Crippen LogP contribution in [0.1, 0.15) is 31.2 Å². The first-order valence-corrected chi connectivity index (χ1v) is 11.9. The summed E-state index contributed by atoms with van der Waals surface area (Å²) in [6, 6.07) is 0.651. The number of nitrogens with one attached hydrogen (secondary N) is 4. The number of rotatable bonds is 16. The van der Waals surface area contributed by atoms with Crippen molar-refractivity contribution in [3.63, 3.8) is 0 Å². The predicted octanol–water partition coefficient (Wildman–Crippen LogP) is -2.21. The van der Waals surface area contributed by atoms with E-state index in [0.29, 0.717) is 10.9 Å². The number of carboxylic acids is 3. The third-order valence-corrected chi connectivity index (χ3v) is 5.77. The predicted molar refractivity (Wildman–Crippen MR) is 136 cm³/mol. The Kier molecular flexibility index (Phi) is 11.1. The van der Waals surface area contributed by atoms with Crippen LogP contribution in [-0.4, -0.2) is 86.0 Å². The summed E-state index contributed by atoms with van der Waals surface area (Å²) in [6.45, 7) is 0. The topological polar surface area (TPSA) is 284 Å². The fourth-order valence-electron chi connectivity index (χ4n) is 3.76. The highest BCUT2D eigenvalue weighted by Gasteiger charge is 2.32. The average Bonchev–Trinajstić information content (AvgIpc) is 3.27. The second-order valence-corrected chi connectivity index (χ2v) is 8.89. The van der Waals surface area contributed by atoms with Gasteiger partial charge in [0.25, 0.3) is 0 Å². The number of fused-ring (bicyclic) bond motifs is 1. The average molecular weight is 563 g/mol. The number of benzene rings is 1. The van der Waals surface area contributed by atoms with Gasteiger partial charge in [0.05, 0.1) is 18.9 Å². The molecule has 2 rings (SSSR count). The van der Waals surface area contributed by atoms with Crippen LogP contribution in [0.15, 0.2) is 30.5 Å². The van der Waals surface area contributed by atoms with Crippen molar-refractivity contribution in [3.05, 3.63) is 36.0 Å². The molecule has 0 aliphatic heterocycles. The Morgan fingerprint density at radius 2 is 1.38 bits per heavy atom. The number of carbonyl (C=O) groups excluding carboxylic acids is 4. The maximum atomic E-state index is 13.0. The molecular formula is C24H30N6O10. The quantitative estimate of drug-likeness (QED) is 0.106. The molecular weight excluding hydrogens is 532 g/mol. The largest absolute Gasteiger partial charge is 0.481 e. The Labute approximate surface area is 226 Å². The first kappa shape index (κ1) is 31.2. The Balaban J connectivity index is 2.20. The van der Waals surface area contributed by atoms with Gasteiger partial charge in [-0.2, -0.15) is 0 Å². The summed E-state index contributed by atoms with van der Waals surface area (Å²) in [4.78, 5) is 86.5. The maximum absolute atomic E-state index is 13.0. The number of nitrogens with two attached hydrogens (primary N) is 2. The van der Waals surface area contributed by atoms with Gasteiger partial charge in [0.15, 0.2) is 0 Å². The van der Waals surface area contributed by atoms with Crippen molar-refractivity contribution in [1.29, 1.82) is 0 Å². The lowest BCUT2D eigenvalue weighted by Crippen LogP contribution is -2.57. The van der Waals surface area contributed by atoms with Crippen molar-refractivity contribution in [2.45, 2.75) is 56.3 Å². The summed E-state index contributed by atoms with van der Waals surface area (Å²) >= 11 is 0. The lowest BCUT2D eigenvalue weighted by atomic mass is 10.0. The van der Waals surface area contributed by atoms with Crippen molar-refractivity contribution >= 4 is 52.4 Å². The molecule has 0 fully saturated rings. The molecule has 0 aliphatic carbocycles. The highest BCUT2D eigenvalue weighted by molar-refractivity contribution is 5.96. The highest BCUT2D eigenvalue weighted by Crippen LogP contribution is 2.19. The van der Waals surface area contributed by atoms with E-state index in [1.807, 2.05) is 0 Å². The SMILES string of the molecule is NC(=O)CCC(NC(=O)C(N)CC(=O)O)C(=O)NC(CC(=O)O)C(=O)NC(Cc1c[nH]c2ccccc12)C(=O)O. The number of hydrogen-bond acceptors (Lipinski definition) is 8. The van der Waals surface area contributed by atoms with E-state index >= 15 is 0 Å². The van der Waals surface area contributed by atoms with E-state index < -0.39 is 85.0 Å². The fraction of sp³-hybridized carbons (Fsp3) is 0.375. The summed E-state index contributed by atoms with van der Waals surface area (Å²) in [6.07, 6.45) is -1.11. The van der Waals surface area contributed by atoms with Crippen molar-refractivity contribution in [3.8, 4) is 0 Å². The molecule has 0 bridgehead atoms. The number of aromatic amines is 1. The van der Waals surface area contributed by atoms with Crippen LogP contribution in [0.5, 0.6) is 0 Å². The van der Waals surface area contributed by atoms with Crippen LogP contribution in [0.4, 0.5) is 0 Å². The lowest BCUT2D eigenvalue weighted by Gasteiger charge is -2.24. The van der Waals surface area contributed by atoms with Crippen LogP contribution in [0, 0.1) is 0 Å². The van der Waals surface area contributed by atoms with Gasteiger partial charge in [-0.05, 0) is 18.1 Å². The molecule has 16 heteroatoms. The van der Waals surface area contributed by atoms with Crippen molar-refractivity contribution in [2.24, 2.45) is 11.5 Å². The molecule has 0 aliphatic rings. The molecule has 0 saturated carbocycles. The smallest absolute Gasteiger partial charge is 0.326 e. The number of primary amides is 1. The van der Waals surface area contributed by atoms with E-state index in [-0.39, 0.29) is 12.8 Å². The Morgan fingerprint density at radius 3 is 1.98 bits per heavy atom. The molecule has 40 heavy (non-hydrogen) atoms. The maximum Gasteiger partial charge on any atom is 0.326 e. The van der Waals surface area contributed by atoms with Gasteiger partial charge in [-0.3, -0.25) is 28.8 Å². The zero-order valence-electron chi connectivity index (χ0n) is 21.1. The normalized spacial score (nSPS) is 13.8. The molecule has 4 amide bonds. The van der Waals surface area contributed by atoms with Crippen LogP contribution in [0.25, 0.3) is 10.9 Å². The number of carboxylic acid groups (broad SMARTS) is 3.